The van der Waals surface area contributed by atoms with Gasteiger partial charge in [-0.3, -0.25) is 9.88 Å². The molecule has 0 fully saturated rings. The summed E-state index contributed by atoms with van der Waals surface area (Å²) in [6.45, 7) is 4.33. The predicted molar refractivity (Wildman–Crippen MR) is 112 cm³/mol. The van der Waals surface area contributed by atoms with Gasteiger partial charge in [-0.2, -0.15) is 13.2 Å². The molecule has 2 heterocycles. The average Bonchev–Trinajstić information content (AvgIpc) is 3.26. The molecule has 0 saturated heterocycles. The Morgan fingerprint density at radius 1 is 1.17 bits per heavy atom. The Labute approximate surface area is 178 Å². The maximum atomic E-state index is 12.7. The molecule has 1 aromatic heterocycles. The Bertz CT molecular complexity index is 957. The van der Waals surface area contributed by atoms with Crippen LogP contribution in [0.5, 0.6) is 5.75 Å². The van der Waals surface area contributed by atoms with Crippen molar-refractivity contribution in [2.24, 2.45) is 5.92 Å². The normalized spacial score (nSPS) is 18.1. The number of benzene rings is 2. The highest BCUT2D eigenvalue weighted by Gasteiger charge is 2.31. The van der Waals surface area contributed by atoms with E-state index >= 15 is 0 Å². The van der Waals surface area contributed by atoms with Crippen molar-refractivity contribution in [3.63, 3.8) is 0 Å². The van der Waals surface area contributed by atoms with E-state index in [9.17, 15) is 13.2 Å². The van der Waals surface area contributed by atoms with Crippen molar-refractivity contribution in [1.82, 2.24) is 9.88 Å². The van der Waals surface area contributed by atoms with E-state index in [-0.39, 0.29) is 12.0 Å². The third-order valence-corrected chi connectivity index (χ3v) is 6.19. The van der Waals surface area contributed by atoms with Crippen LogP contribution in [0.25, 0.3) is 0 Å². The Morgan fingerprint density at radius 3 is 2.63 bits per heavy atom. The number of ether oxygens (including phenoxy) is 1. The molecule has 0 N–H and O–H groups in total. The first-order valence-electron chi connectivity index (χ1n) is 9.92. The molecule has 7 heteroatoms. The standard InChI is InChI=1S/C23H23F3N2OS/c1-16(14-29-19-8-6-18(7-9-19)23(24,25)26)13-28-11-10-17-4-2-3-5-20(17)22(28)21-12-27-15-30-21/h2-9,12,15-16,22H,10-11,13-14H2,1H3. The molecule has 0 aliphatic carbocycles. The molecule has 2 atom stereocenters. The van der Waals surface area contributed by atoms with Crippen LogP contribution in [0.2, 0.25) is 0 Å². The lowest BCUT2D eigenvalue weighted by molar-refractivity contribution is -0.137. The maximum Gasteiger partial charge on any atom is 0.416 e. The van der Waals surface area contributed by atoms with Crippen LogP contribution in [-0.4, -0.2) is 29.6 Å². The fraction of sp³-hybridized carbons (Fsp3) is 0.348. The number of fused-ring (bicyclic) bond motifs is 1. The highest BCUT2D eigenvalue weighted by Crippen LogP contribution is 2.37. The first-order chi connectivity index (χ1) is 14.4. The van der Waals surface area contributed by atoms with E-state index in [4.69, 9.17) is 4.74 Å². The van der Waals surface area contributed by atoms with E-state index in [1.54, 1.807) is 11.3 Å². The Balaban J connectivity index is 1.41. The van der Waals surface area contributed by atoms with Gasteiger partial charge in [-0.1, -0.05) is 31.2 Å². The molecule has 4 rings (SSSR count). The van der Waals surface area contributed by atoms with Gasteiger partial charge in [0.1, 0.15) is 5.75 Å². The van der Waals surface area contributed by atoms with Crippen LogP contribution < -0.4 is 4.74 Å². The molecule has 30 heavy (non-hydrogen) atoms. The minimum absolute atomic E-state index is 0.177. The molecule has 0 spiro atoms. The van der Waals surface area contributed by atoms with Crippen LogP contribution in [0.15, 0.2) is 60.2 Å². The molecule has 0 amide bonds. The van der Waals surface area contributed by atoms with E-state index in [1.165, 1.54) is 28.1 Å². The Hall–Kier alpha value is -2.38. The number of nitrogens with zero attached hydrogens (tertiary/aromatic N) is 2. The Kier molecular flexibility index (Phi) is 6.11. The van der Waals surface area contributed by atoms with E-state index in [0.717, 1.165) is 31.6 Å². The van der Waals surface area contributed by atoms with Crippen molar-refractivity contribution in [1.29, 1.82) is 0 Å². The fourth-order valence-electron chi connectivity index (χ4n) is 3.94. The number of rotatable bonds is 6. The second-order valence-corrected chi connectivity index (χ2v) is 8.61. The number of hydrogen-bond acceptors (Lipinski definition) is 4. The highest BCUT2D eigenvalue weighted by atomic mass is 32.1. The largest absolute Gasteiger partial charge is 0.493 e. The first-order valence-corrected chi connectivity index (χ1v) is 10.8. The SMILES string of the molecule is CC(COc1ccc(C(F)(F)F)cc1)CN1CCc2ccccc2C1c1cncs1. The molecule has 3 nitrogen and oxygen atoms in total. The van der Waals surface area contributed by atoms with E-state index < -0.39 is 11.7 Å². The van der Waals surface area contributed by atoms with E-state index in [0.29, 0.717) is 12.4 Å². The van der Waals surface area contributed by atoms with Gasteiger partial charge in [0.2, 0.25) is 0 Å². The van der Waals surface area contributed by atoms with Crippen LogP contribution in [0.4, 0.5) is 13.2 Å². The number of alkyl halides is 3. The smallest absolute Gasteiger partial charge is 0.416 e. The third kappa shape index (κ3) is 4.68. The zero-order chi connectivity index (χ0) is 21.1. The van der Waals surface area contributed by atoms with Gasteiger partial charge in [0.05, 0.1) is 23.7 Å². The zero-order valence-electron chi connectivity index (χ0n) is 16.6. The van der Waals surface area contributed by atoms with Gasteiger partial charge in [-0.25, -0.2) is 0 Å². The van der Waals surface area contributed by atoms with Gasteiger partial charge in [-0.15, -0.1) is 11.3 Å². The number of hydrogen-bond donors (Lipinski definition) is 0. The lowest BCUT2D eigenvalue weighted by Crippen LogP contribution is -2.39. The molecule has 2 aromatic carbocycles. The molecular formula is C23H23F3N2OS. The minimum Gasteiger partial charge on any atom is -0.493 e. The Morgan fingerprint density at radius 2 is 1.93 bits per heavy atom. The molecule has 0 bridgehead atoms. The summed E-state index contributed by atoms with van der Waals surface area (Å²) in [5.74, 6) is 0.672. The quantitative estimate of drug-likeness (QED) is 0.490. The minimum atomic E-state index is -4.33. The first kappa shape index (κ1) is 20.9. The van der Waals surface area contributed by atoms with Gasteiger partial charge in [0.15, 0.2) is 0 Å². The molecular weight excluding hydrogens is 409 g/mol. The summed E-state index contributed by atoms with van der Waals surface area (Å²) in [5, 5.41) is 0. The maximum absolute atomic E-state index is 12.7. The summed E-state index contributed by atoms with van der Waals surface area (Å²) in [5.41, 5.74) is 3.90. The predicted octanol–water partition coefficient (Wildman–Crippen LogP) is 5.82. The van der Waals surface area contributed by atoms with Crippen molar-refractivity contribution < 1.29 is 17.9 Å². The molecule has 0 radical (unpaired) electrons. The third-order valence-electron chi connectivity index (χ3n) is 5.37. The summed E-state index contributed by atoms with van der Waals surface area (Å²) in [6.07, 6.45) is -1.40. The molecule has 1 aliphatic heterocycles. The average molecular weight is 433 g/mol. The monoisotopic (exact) mass is 432 g/mol. The van der Waals surface area contributed by atoms with Gasteiger partial charge in [0, 0.05) is 30.1 Å². The molecule has 3 aromatic rings. The second kappa shape index (κ2) is 8.78. The number of halogens is 3. The van der Waals surface area contributed by atoms with Crippen molar-refractivity contribution in [2.45, 2.75) is 25.6 Å². The van der Waals surface area contributed by atoms with Crippen LogP contribution >= 0.6 is 11.3 Å². The van der Waals surface area contributed by atoms with Crippen molar-refractivity contribution in [3.8, 4) is 5.75 Å². The molecule has 158 valence electrons. The topological polar surface area (TPSA) is 25.4 Å². The molecule has 2 unspecified atom stereocenters. The van der Waals surface area contributed by atoms with Crippen LogP contribution in [0.3, 0.4) is 0 Å². The lowest BCUT2D eigenvalue weighted by atomic mass is 9.91. The highest BCUT2D eigenvalue weighted by molar-refractivity contribution is 7.09. The number of aromatic nitrogens is 1. The van der Waals surface area contributed by atoms with Crippen molar-refractivity contribution >= 4 is 11.3 Å². The fourth-order valence-corrected chi connectivity index (χ4v) is 4.71. The van der Waals surface area contributed by atoms with Gasteiger partial charge in [0.25, 0.3) is 0 Å². The van der Waals surface area contributed by atoms with E-state index in [1.807, 2.05) is 11.7 Å². The van der Waals surface area contributed by atoms with Crippen molar-refractivity contribution in [3.05, 3.63) is 81.8 Å². The van der Waals surface area contributed by atoms with Crippen molar-refractivity contribution in [2.75, 3.05) is 19.7 Å². The zero-order valence-corrected chi connectivity index (χ0v) is 17.4. The summed E-state index contributed by atoms with van der Waals surface area (Å²) in [6, 6.07) is 13.6. The molecule has 0 saturated carbocycles. The second-order valence-electron chi connectivity index (χ2n) is 7.69. The van der Waals surface area contributed by atoms with Crippen LogP contribution in [0, 0.1) is 5.92 Å². The van der Waals surface area contributed by atoms with Crippen LogP contribution in [0.1, 0.15) is 34.5 Å². The summed E-state index contributed by atoms with van der Waals surface area (Å²) >= 11 is 1.66. The summed E-state index contributed by atoms with van der Waals surface area (Å²) in [4.78, 5) is 7.95. The lowest BCUT2D eigenvalue weighted by Gasteiger charge is -2.38. The summed E-state index contributed by atoms with van der Waals surface area (Å²) < 4.78 is 43.9. The van der Waals surface area contributed by atoms with Gasteiger partial charge < -0.3 is 4.74 Å². The summed E-state index contributed by atoms with van der Waals surface area (Å²) in [7, 11) is 0. The van der Waals surface area contributed by atoms with Gasteiger partial charge >= 0.3 is 6.18 Å². The number of thiazole rings is 1. The van der Waals surface area contributed by atoms with Gasteiger partial charge in [-0.05, 0) is 41.8 Å². The molecule has 1 aliphatic rings. The van der Waals surface area contributed by atoms with Crippen LogP contribution in [-0.2, 0) is 12.6 Å². The van der Waals surface area contributed by atoms with E-state index in [2.05, 4.69) is 41.1 Å².